The van der Waals surface area contributed by atoms with E-state index in [0.29, 0.717) is 29.7 Å². The van der Waals surface area contributed by atoms with Crippen LogP contribution in [0.2, 0.25) is 0 Å². The fourth-order valence-corrected chi connectivity index (χ4v) is 5.42. The van der Waals surface area contributed by atoms with Crippen molar-refractivity contribution in [3.63, 3.8) is 0 Å². The van der Waals surface area contributed by atoms with Gasteiger partial charge in [-0.25, -0.2) is 0 Å². The van der Waals surface area contributed by atoms with Crippen LogP contribution in [-0.2, 0) is 27.2 Å². The largest absolute Gasteiger partial charge is 0.452 e. The number of nitrogens with zero attached hydrogens (tertiary/aromatic N) is 1. The lowest BCUT2D eigenvalue weighted by Gasteiger charge is -2.44. The SMILES string of the molecule is CC(C)C[C@@H]1C(=O)N[C@H](C2Cc3ccccc3C2)C(=O)N1[C@@H](C(=O)NC(C)C)c1ccc(Br)o1. The Hall–Kier alpha value is -2.61. The number of hydrogen-bond donors (Lipinski definition) is 2. The average molecular weight is 530 g/mol. The lowest BCUT2D eigenvalue weighted by Crippen LogP contribution is -2.67. The van der Waals surface area contributed by atoms with Gasteiger partial charge in [0, 0.05) is 6.04 Å². The molecule has 2 aromatic rings. The van der Waals surface area contributed by atoms with Gasteiger partial charge in [0.15, 0.2) is 10.7 Å². The third kappa shape index (κ3) is 4.92. The maximum Gasteiger partial charge on any atom is 0.250 e. The highest BCUT2D eigenvalue weighted by Crippen LogP contribution is 2.36. The van der Waals surface area contributed by atoms with E-state index in [9.17, 15) is 14.4 Å². The van der Waals surface area contributed by atoms with E-state index in [1.807, 2.05) is 39.8 Å². The van der Waals surface area contributed by atoms with Gasteiger partial charge in [-0.3, -0.25) is 14.4 Å². The number of rotatable bonds is 7. The van der Waals surface area contributed by atoms with Gasteiger partial charge in [0.2, 0.25) is 11.8 Å². The van der Waals surface area contributed by atoms with Gasteiger partial charge >= 0.3 is 0 Å². The van der Waals surface area contributed by atoms with Gasteiger partial charge in [-0.05, 0) is 84.1 Å². The molecular weight excluding hydrogens is 498 g/mol. The molecule has 0 radical (unpaired) electrons. The number of halogens is 1. The highest BCUT2D eigenvalue weighted by Gasteiger charge is 2.50. The molecule has 34 heavy (non-hydrogen) atoms. The van der Waals surface area contributed by atoms with Crippen LogP contribution in [0.5, 0.6) is 0 Å². The van der Waals surface area contributed by atoms with Crippen molar-refractivity contribution < 1.29 is 18.8 Å². The van der Waals surface area contributed by atoms with Gasteiger partial charge in [-0.1, -0.05) is 38.1 Å². The molecule has 8 heteroatoms. The Kier molecular flexibility index (Phi) is 7.17. The molecule has 0 bridgehead atoms. The van der Waals surface area contributed by atoms with Crippen LogP contribution in [0, 0.1) is 11.8 Å². The minimum absolute atomic E-state index is 0.0616. The van der Waals surface area contributed by atoms with Crippen molar-refractivity contribution in [2.75, 3.05) is 0 Å². The first-order chi connectivity index (χ1) is 16.2. The summed E-state index contributed by atoms with van der Waals surface area (Å²) in [7, 11) is 0. The Morgan fingerprint density at radius 1 is 1.12 bits per heavy atom. The van der Waals surface area contributed by atoms with Crippen LogP contribution in [0.15, 0.2) is 45.5 Å². The van der Waals surface area contributed by atoms with Crippen molar-refractivity contribution in [2.24, 2.45) is 11.8 Å². The monoisotopic (exact) mass is 529 g/mol. The Labute approximate surface area is 208 Å². The first kappa shape index (κ1) is 24.5. The highest BCUT2D eigenvalue weighted by atomic mass is 79.9. The van der Waals surface area contributed by atoms with Gasteiger partial charge in [0.1, 0.15) is 17.8 Å². The van der Waals surface area contributed by atoms with Crippen LogP contribution in [-0.4, -0.2) is 40.7 Å². The molecule has 0 saturated carbocycles. The van der Waals surface area contributed by atoms with Gasteiger partial charge in [0.25, 0.3) is 5.91 Å². The van der Waals surface area contributed by atoms with Gasteiger partial charge in [-0.15, -0.1) is 0 Å². The summed E-state index contributed by atoms with van der Waals surface area (Å²) >= 11 is 3.31. The van der Waals surface area contributed by atoms with E-state index < -0.39 is 18.1 Å². The number of nitrogens with one attached hydrogen (secondary N) is 2. The molecule has 1 aromatic heterocycles. The normalized spacial score (nSPS) is 21.7. The van der Waals surface area contributed by atoms with Gasteiger partial charge in [-0.2, -0.15) is 0 Å². The van der Waals surface area contributed by atoms with Crippen molar-refractivity contribution in [3.8, 4) is 0 Å². The zero-order valence-electron chi connectivity index (χ0n) is 20.0. The number of amides is 3. The quantitative estimate of drug-likeness (QED) is 0.571. The summed E-state index contributed by atoms with van der Waals surface area (Å²) in [5, 5.41) is 5.93. The number of hydrogen-bond acceptors (Lipinski definition) is 4. The molecule has 0 unspecified atom stereocenters. The van der Waals surface area contributed by atoms with Crippen molar-refractivity contribution in [3.05, 3.63) is 58.0 Å². The molecule has 2 aliphatic rings. The fraction of sp³-hybridized carbons (Fsp3) is 0.500. The number of fused-ring (bicyclic) bond motifs is 1. The summed E-state index contributed by atoms with van der Waals surface area (Å²) in [6.45, 7) is 7.73. The maximum atomic E-state index is 14.1. The molecule has 1 aliphatic heterocycles. The second-order valence-corrected chi connectivity index (χ2v) is 10.8. The molecule has 0 spiro atoms. The van der Waals surface area contributed by atoms with Crippen LogP contribution in [0.1, 0.15) is 57.0 Å². The molecule has 7 nitrogen and oxygen atoms in total. The summed E-state index contributed by atoms with van der Waals surface area (Å²) in [6, 6.07) is 8.88. The molecule has 3 atom stereocenters. The highest BCUT2D eigenvalue weighted by molar-refractivity contribution is 9.10. The molecule has 1 aliphatic carbocycles. The topological polar surface area (TPSA) is 91.7 Å². The molecule has 2 N–H and O–H groups in total. The minimum Gasteiger partial charge on any atom is -0.452 e. The number of furan rings is 1. The fourth-order valence-electron chi connectivity index (χ4n) is 5.11. The van der Waals surface area contributed by atoms with Crippen LogP contribution in [0.4, 0.5) is 0 Å². The third-order valence-corrected chi connectivity index (χ3v) is 6.95. The zero-order valence-corrected chi connectivity index (χ0v) is 21.6. The number of piperazine rings is 1. The first-order valence-corrected chi connectivity index (χ1v) is 12.7. The molecule has 4 rings (SSSR count). The van der Waals surface area contributed by atoms with Crippen molar-refractivity contribution in [1.82, 2.24) is 15.5 Å². The maximum absolute atomic E-state index is 14.1. The van der Waals surface area contributed by atoms with Crippen LogP contribution < -0.4 is 10.6 Å². The summed E-state index contributed by atoms with van der Waals surface area (Å²) in [5.74, 6) is -0.400. The minimum atomic E-state index is -1.04. The van der Waals surface area contributed by atoms with E-state index >= 15 is 0 Å². The molecule has 1 saturated heterocycles. The van der Waals surface area contributed by atoms with E-state index in [4.69, 9.17) is 4.42 Å². The Morgan fingerprint density at radius 2 is 1.76 bits per heavy atom. The van der Waals surface area contributed by atoms with Crippen molar-refractivity contribution in [2.45, 2.75) is 71.1 Å². The molecule has 182 valence electrons. The second kappa shape index (κ2) is 9.94. The van der Waals surface area contributed by atoms with E-state index in [1.54, 1.807) is 12.1 Å². The van der Waals surface area contributed by atoms with Gasteiger partial charge < -0.3 is 20.0 Å². The smallest absolute Gasteiger partial charge is 0.250 e. The molecule has 2 heterocycles. The predicted octanol–water partition coefficient (Wildman–Crippen LogP) is 3.76. The molecule has 1 fully saturated rings. The van der Waals surface area contributed by atoms with E-state index in [-0.39, 0.29) is 35.6 Å². The lowest BCUT2D eigenvalue weighted by atomic mass is 9.88. The van der Waals surface area contributed by atoms with Crippen molar-refractivity contribution in [1.29, 1.82) is 0 Å². The molecule has 3 amide bonds. The second-order valence-electron chi connectivity index (χ2n) is 10.0. The van der Waals surface area contributed by atoms with E-state index in [1.165, 1.54) is 16.0 Å². The van der Waals surface area contributed by atoms with E-state index in [0.717, 1.165) is 0 Å². The summed E-state index contributed by atoms with van der Waals surface area (Å²) in [5.41, 5.74) is 2.41. The number of carbonyl (C=O) groups is 3. The lowest BCUT2D eigenvalue weighted by molar-refractivity contribution is -0.158. The third-order valence-electron chi connectivity index (χ3n) is 6.53. The Bertz CT molecular complexity index is 1050. The van der Waals surface area contributed by atoms with Crippen molar-refractivity contribution >= 4 is 33.7 Å². The zero-order chi connectivity index (χ0) is 24.6. The summed E-state index contributed by atoms with van der Waals surface area (Å²) in [4.78, 5) is 42.4. The molecule has 1 aromatic carbocycles. The standard InChI is InChI=1S/C26H32BrN3O4/c1-14(2)11-19-24(31)29-22(18-12-16-7-5-6-8-17(16)13-18)26(33)30(19)23(25(32)28-15(3)4)20-9-10-21(27)34-20/h5-10,14-15,18-19,22-23H,11-13H2,1-4H3,(H,28,32)(H,29,31)/t19-,22-,23-/m1/s1. The number of carbonyl (C=O) groups excluding carboxylic acids is 3. The van der Waals surface area contributed by atoms with Crippen LogP contribution >= 0.6 is 15.9 Å². The number of benzene rings is 1. The first-order valence-electron chi connectivity index (χ1n) is 11.9. The Balaban J connectivity index is 1.73. The molecular formula is C26H32BrN3O4. The summed E-state index contributed by atoms with van der Waals surface area (Å²) in [6.07, 6.45) is 1.87. The van der Waals surface area contributed by atoms with Gasteiger partial charge in [0.05, 0.1) is 0 Å². The summed E-state index contributed by atoms with van der Waals surface area (Å²) < 4.78 is 6.24. The average Bonchev–Trinajstić information content (AvgIpc) is 3.38. The van der Waals surface area contributed by atoms with E-state index in [2.05, 4.69) is 38.7 Å². The van der Waals surface area contributed by atoms with Crippen LogP contribution in [0.25, 0.3) is 0 Å². The predicted molar refractivity (Wildman–Crippen MR) is 132 cm³/mol. The Morgan fingerprint density at radius 3 is 2.29 bits per heavy atom. The van der Waals surface area contributed by atoms with Crippen LogP contribution in [0.3, 0.4) is 0 Å².